The molecule has 0 spiro atoms. The minimum atomic E-state index is 0.493. The van der Waals surface area contributed by atoms with E-state index in [-0.39, 0.29) is 0 Å². The minimum absolute atomic E-state index is 0.493. The van der Waals surface area contributed by atoms with Crippen LogP contribution in [0.2, 0.25) is 0 Å². The van der Waals surface area contributed by atoms with Gasteiger partial charge in [-0.1, -0.05) is 44.2 Å². The molecule has 0 atom stereocenters. The quantitative estimate of drug-likeness (QED) is 0.912. The Labute approximate surface area is 127 Å². The Kier molecular flexibility index (Phi) is 4.39. The summed E-state index contributed by atoms with van der Waals surface area (Å²) in [4.78, 5) is 4.88. The average molecular weight is 283 g/mol. The van der Waals surface area contributed by atoms with Gasteiger partial charge in [-0.05, 0) is 18.4 Å². The Morgan fingerprint density at radius 2 is 2.05 bits per heavy atom. The molecule has 112 valence electrons. The van der Waals surface area contributed by atoms with E-state index in [0.717, 1.165) is 32.5 Å². The van der Waals surface area contributed by atoms with Crippen molar-refractivity contribution in [1.29, 1.82) is 0 Å². The lowest BCUT2D eigenvalue weighted by Crippen LogP contribution is -2.25. The highest BCUT2D eigenvalue weighted by Crippen LogP contribution is 2.22. The lowest BCUT2D eigenvalue weighted by atomic mass is 10.1. The fourth-order valence-corrected chi connectivity index (χ4v) is 3.17. The molecule has 3 rings (SSSR count). The lowest BCUT2D eigenvalue weighted by molar-refractivity contribution is 0.549. The zero-order chi connectivity index (χ0) is 14.7. The largest absolute Gasteiger partial charge is 0.331 e. The van der Waals surface area contributed by atoms with Crippen LogP contribution in [-0.2, 0) is 25.9 Å². The second-order valence-corrected chi connectivity index (χ2v) is 6.19. The van der Waals surface area contributed by atoms with Crippen molar-refractivity contribution in [3.8, 4) is 0 Å². The highest BCUT2D eigenvalue weighted by atomic mass is 15.1. The molecular formula is C18H25N3. The molecule has 0 fully saturated rings. The zero-order valence-corrected chi connectivity index (χ0v) is 13.1. The molecule has 0 amide bonds. The molecule has 1 aliphatic rings. The average Bonchev–Trinajstić information content (AvgIpc) is 2.88. The van der Waals surface area contributed by atoms with E-state index >= 15 is 0 Å². The standard InChI is InChI=1S/C18H25N3/c1-14(2)18-20-16-13-19-11-10-17(16)21(18)12-6-9-15-7-4-3-5-8-15/h3-5,7-8,14,19H,6,9-13H2,1-2H3. The van der Waals surface area contributed by atoms with Gasteiger partial charge in [-0.15, -0.1) is 0 Å². The summed E-state index contributed by atoms with van der Waals surface area (Å²) in [7, 11) is 0. The van der Waals surface area contributed by atoms with Crippen molar-refractivity contribution < 1.29 is 0 Å². The van der Waals surface area contributed by atoms with Crippen LogP contribution in [0.3, 0.4) is 0 Å². The molecule has 0 saturated carbocycles. The van der Waals surface area contributed by atoms with Crippen molar-refractivity contribution in [1.82, 2.24) is 14.9 Å². The maximum absolute atomic E-state index is 4.88. The summed E-state index contributed by atoms with van der Waals surface area (Å²) in [5.74, 6) is 1.75. The van der Waals surface area contributed by atoms with E-state index in [4.69, 9.17) is 4.98 Å². The van der Waals surface area contributed by atoms with Gasteiger partial charge in [0.2, 0.25) is 0 Å². The number of hydrogen-bond donors (Lipinski definition) is 1. The molecule has 2 heterocycles. The Hall–Kier alpha value is -1.61. The van der Waals surface area contributed by atoms with Crippen LogP contribution in [0.5, 0.6) is 0 Å². The fraction of sp³-hybridized carbons (Fsp3) is 0.500. The summed E-state index contributed by atoms with van der Waals surface area (Å²) >= 11 is 0. The number of fused-ring (bicyclic) bond motifs is 1. The monoisotopic (exact) mass is 283 g/mol. The topological polar surface area (TPSA) is 29.9 Å². The Balaban J connectivity index is 1.73. The first kappa shape index (κ1) is 14.3. The molecular weight excluding hydrogens is 258 g/mol. The van der Waals surface area contributed by atoms with Crippen LogP contribution >= 0.6 is 0 Å². The number of nitrogens with zero attached hydrogens (tertiary/aromatic N) is 2. The number of benzene rings is 1. The summed E-state index contributed by atoms with van der Waals surface area (Å²) in [5.41, 5.74) is 4.16. The Morgan fingerprint density at radius 1 is 1.24 bits per heavy atom. The van der Waals surface area contributed by atoms with Crippen molar-refractivity contribution in [2.45, 2.75) is 52.1 Å². The Morgan fingerprint density at radius 3 is 2.81 bits per heavy atom. The summed E-state index contributed by atoms with van der Waals surface area (Å²) < 4.78 is 2.49. The molecule has 0 saturated heterocycles. The fourth-order valence-electron chi connectivity index (χ4n) is 3.17. The normalized spacial score (nSPS) is 14.4. The third-order valence-electron chi connectivity index (χ3n) is 4.22. The van der Waals surface area contributed by atoms with Gasteiger partial charge in [-0.2, -0.15) is 0 Å². The van der Waals surface area contributed by atoms with Gasteiger partial charge in [-0.25, -0.2) is 4.98 Å². The molecule has 0 unspecified atom stereocenters. The van der Waals surface area contributed by atoms with Crippen LogP contribution in [0, 0.1) is 0 Å². The summed E-state index contributed by atoms with van der Waals surface area (Å²) in [6.45, 7) is 7.59. The molecule has 1 N–H and O–H groups in total. The Bertz CT molecular complexity index is 584. The first-order chi connectivity index (χ1) is 10.3. The van der Waals surface area contributed by atoms with E-state index in [9.17, 15) is 0 Å². The van der Waals surface area contributed by atoms with E-state index in [1.165, 1.54) is 29.2 Å². The second kappa shape index (κ2) is 6.44. The zero-order valence-electron chi connectivity index (χ0n) is 13.1. The van der Waals surface area contributed by atoms with Crippen LogP contribution in [0.4, 0.5) is 0 Å². The third-order valence-corrected chi connectivity index (χ3v) is 4.22. The first-order valence-corrected chi connectivity index (χ1v) is 8.08. The van der Waals surface area contributed by atoms with E-state index in [0.29, 0.717) is 5.92 Å². The van der Waals surface area contributed by atoms with Gasteiger partial charge < -0.3 is 9.88 Å². The van der Waals surface area contributed by atoms with Crippen LogP contribution in [-0.4, -0.2) is 16.1 Å². The molecule has 3 nitrogen and oxygen atoms in total. The lowest BCUT2D eigenvalue weighted by Gasteiger charge is -2.17. The predicted molar refractivity (Wildman–Crippen MR) is 86.5 cm³/mol. The van der Waals surface area contributed by atoms with Gasteiger partial charge in [0.1, 0.15) is 5.82 Å². The van der Waals surface area contributed by atoms with Crippen molar-refractivity contribution in [3.63, 3.8) is 0 Å². The molecule has 0 radical (unpaired) electrons. The van der Waals surface area contributed by atoms with Gasteiger partial charge in [0.15, 0.2) is 0 Å². The number of nitrogens with one attached hydrogen (secondary N) is 1. The van der Waals surface area contributed by atoms with Gasteiger partial charge in [0.05, 0.1) is 5.69 Å². The van der Waals surface area contributed by atoms with Crippen molar-refractivity contribution >= 4 is 0 Å². The van der Waals surface area contributed by atoms with Crippen LogP contribution in [0.1, 0.15) is 49.0 Å². The smallest absolute Gasteiger partial charge is 0.111 e. The van der Waals surface area contributed by atoms with Crippen molar-refractivity contribution in [2.24, 2.45) is 0 Å². The van der Waals surface area contributed by atoms with Crippen molar-refractivity contribution in [2.75, 3.05) is 6.54 Å². The number of rotatable bonds is 5. The molecule has 2 aromatic rings. The molecule has 1 aliphatic heterocycles. The van der Waals surface area contributed by atoms with Gasteiger partial charge >= 0.3 is 0 Å². The van der Waals surface area contributed by atoms with E-state index in [1.807, 2.05) is 0 Å². The van der Waals surface area contributed by atoms with E-state index < -0.39 is 0 Å². The number of aryl methyl sites for hydroxylation is 1. The minimum Gasteiger partial charge on any atom is -0.331 e. The second-order valence-electron chi connectivity index (χ2n) is 6.19. The van der Waals surface area contributed by atoms with Gasteiger partial charge in [-0.3, -0.25) is 0 Å². The summed E-state index contributed by atoms with van der Waals surface area (Å²) in [6.07, 6.45) is 3.43. The third kappa shape index (κ3) is 3.18. The molecule has 0 bridgehead atoms. The highest BCUT2D eigenvalue weighted by molar-refractivity contribution is 5.22. The van der Waals surface area contributed by atoms with Crippen LogP contribution < -0.4 is 5.32 Å². The molecule has 1 aromatic carbocycles. The maximum Gasteiger partial charge on any atom is 0.111 e. The van der Waals surface area contributed by atoms with Crippen molar-refractivity contribution in [3.05, 3.63) is 53.1 Å². The number of aromatic nitrogens is 2. The summed E-state index contributed by atoms with van der Waals surface area (Å²) in [5, 5.41) is 3.43. The first-order valence-electron chi connectivity index (χ1n) is 8.08. The molecule has 21 heavy (non-hydrogen) atoms. The predicted octanol–water partition coefficient (Wildman–Crippen LogP) is 3.29. The number of imidazole rings is 1. The van der Waals surface area contributed by atoms with E-state index in [1.54, 1.807) is 0 Å². The summed E-state index contributed by atoms with van der Waals surface area (Å²) in [6, 6.07) is 10.8. The van der Waals surface area contributed by atoms with Crippen LogP contribution in [0.15, 0.2) is 30.3 Å². The molecule has 3 heteroatoms. The number of hydrogen-bond acceptors (Lipinski definition) is 2. The van der Waals surface area contributed by atoms with E-state index in [2.05, 4.69) is 54.1 Å². The van der Waals surface area contributed by atoms with Gasteiger partial charge in [0.25, 0.3) is 0 Å². The maximum atomic E-state index is 4.88. The molecule has 0 aliphatic carbocycles. The highest BCUT2D eigenvalue weighted by Gasteiger charge is 2.20. The SMILES string of the molecule is CC(C)c1nc2c(n1CCCc1ccccc1)CCNC2. The molecule has 1 aromatic heterocycles. The van der Waals surface area contributed by atoms with Gasteiger partial charge in [0, 0.05) is 37.7 Å². The van der Waals surface area contributed by atoms with Crippen LogP contribution in [0.25, 0.3) is 0 Å².